The van der Waals surface area contributed by atoms with E-state index < -0.39 is 5.82 Å². The quantitative estimate of drug-likeness (QED) is 0.819. The fourth-order valence-corrected chi connectivity index (χ4v) is 2.25. The Morgan fingerprint density at radius 3 is 2.56 bits per heavy atom. The molecule has 0 bridgehead atoms. The van der Waals surface area contributed by atoms with Crippen molar-refractivity contribution in [2.24, 2.45) is 0 Å². The molecule has 0 saturated heterocycles. The molecule has 0 amide bonds. The Morgan fingerprint density at radius 2 is 2.00 bits per heavy atom. The molecule has 0 unspecified atom stereocenters. The standard InChI is InChI=1S/C12H10BrClFNO2/c1-6-2-10(9(15)4-8(6)14)16-11(17)3-7(5-13)12(16)18/h2-4,17-18H,5H2,1H3. The van der Waals surface area contributed by atoms with Crippen LogP contribution in [0.15, 0.2) is 18.2 Å². The molecule has 2 aromatic rings. The predicted molar refractivity (Wildman–Crippen MR) is 71.4 cm³/mol. The zero-order chi connectivity index (χ0) is 13.4. The van der Waals surface area contributed by atoms with Crippen molar-refractivity contribution in [3.63, 3.8) is 0 Å². The van der Waals surface area contributed by atoms with Crippen molar-refractivity contribution in [1.82, 2.24) is 4.57 Å². The van der Waals surface area contributed by atoms with Gasteiger partial charge in [0, 0.05) is 22.0 Å². The summed E-state index contributed by atoms with van der Waals surface area (Å²) >= 11 is 8.98. The van der Waals surface area contributed by atoms with Gasteiger partial charge in [-0.25, -0.2) is 8.96 Å². The van der Waals surface area contributed by atoms with E-state index in [2.05, 4.69) is 15.9 Å². The fraction of sp³-hybridized carbons (Fsp3) is 0.167. The van der Waals surface area contributed by atoms with Crippen LogP contribution in [-0.4, -0.2) is 14.8 Å². The summed E-state index contributed by atoms with van der Waals surface area (Å²) in [6, 6.07) is 3.99. The number of aromatic hydroxyl groups is 2. The van der Waals surface area contributed by atoms with Crippen LogP contribution in [-0.2, 0) is 5.33 Å². The summed E-state index contributed by atoms with van der Waals surface area (Å²) in [7, 11) is 0. The smallest absolute Gasteiger partial charge is 0.202 e. The maximum Gasteiger partial charge on any atom is 0.202 e. The molecule has 1 aromatic heterocycles. The SMILES string of the molecule is Cc1cc(-n2c(O)cc(CBr)c2O)c(F)cc1Cl. The molecule has 18 heavy (non-hydrogen) atoms. The van der Waals surface area contributed by atoms with Crippen molar-refractivity contribution in [3.05, 3.63) is 40.2 Å². The molecule has 3 nitrogen and oxygen atoms in total. The number of halogens is 3. The van der Waals surface area contributed by atoms with Crippen LogP contribution in [0.1, 0.15) is 11.1 Å². The third kappa shape index (κ3) is 2.08. The average molecular weight is 335 g/mol. The summed E-state index contributed by atoms with van der Waals surface area (Å²) in [6.07, 6.45) is 0. The molecule has 0 fully saturated rings. The van der Waals surface area contributed by atoms with E-state index in [9.17, 15) is 14.6 Å². The summed E-state index contributed by atoms with van der Waals surface area (Å²) in [5.41, 5.74) is 1.18. The van der Waals surface area contributed by atoms with Crippen LogP contribution in [0.5, 0.6) is 11.8 Å². The van der Waals surface area contributed by atoms with Crippen molar-refractivity contribution in [3.8, 4) is 17.4 Å². The summed E-state index contributed by atoms with van der Waals surface area (Å²) < 4.78 is 14.9. The van der Waals surface area contributed by atoms with Crippen LogP contribution < -0.4 is 0 Å². The number of nitrogens with zero attached hydrogens (tertiary/aromatic N) is 1. The number of aromatic nitrogens is 1. The van der Waals surface area contributed by atoms with E-state index in [1.165, 1.54) is 12.1 Å². The Labute approximate surface area is 117 Å². The fourth-order valence-electron chi connectivity index (χ4n) is 1.69. The lowest BCUT2D eigenvalue weighted by Gasteiger charge is -2.10. The first-order chi connectivity index (χ1) is 8.45. The van der Waals surface area contributed by atoms with E-state index in [1.54, 1.807) is 6.92 Å². The van der Waals surface area contributed by atoms with Gasteiger partial charge in [0.25, 0.3) is 0 Å². The molecule has 2 rings (SSSR count). The number of hydrogen-bond acceptors (Lipinski definition) is 2. The van der Waals surface area contributed by atoms with E-state index in [0.29, 0.717) is 21.5 Å². The minimum atomic E-state index is -0.618. The number of rotatable bonds is 2. The molecule has 1 heterocycles. The highest BCUT2D eigenvalue weighted by Crippen LogP contribution is 2.35. The van der Waals surface area contributed by atoms with Gasteiger partial charge in [0.15, 0.2) is 5.88 Å². The van der Waals surface area contributed by atoms with Crippen molar-refractivity contribution < 1.29 is 14.6 Å². The molecule has 0 aliphatic heterocycles. The van der Waals surface area contributed by atoms with Gasteiger partial charge < -0.3 is 10.2 Å². The molecule has 2 N–H and O–H groups in total. The van der Waals surface area contributed by atoms with E-state index in [4.69, 9.17) is 11.6 Å². The van der Waals surface area contributed by atoms with Gasteiger partial charge >= 0.3 is 0 Å². The van der Waals surface area contributed by atoms with Gasteiger partial charge in [-0.15, -0.1) is 0 Å². The van der Waals surface area contributed by atoms with Crippen LogP contribution in [0.4, 0.5) is 4.39 Å². The van der Waals surface area contributed by atoms with Crippen molar-refractivity contribution in [2.45, 2.75) is 12.3 Å². The lowest BCUT2D eigenvalue weighted by atomic mass is 10.2. The summed E-state index contributed by atoms with van der Waals surface area (Å²) in [6.45, 7) is 1.72. The number of aryl methyl sites for hydroxylation is 1. The maximum atomic E-state index is 13.9. The van der Waals surface area contributed by atoms with Crippen molar-refractivity contribution >= 4 is 27.5 Å². The summed E-state index contributed by atoms with van der Waals surface area (Å²) in [5, 5.41) is 20.3. The van der Waals surface area contributed by atoms with Crippen LogP contribution >= 0.6 is 27.5 Å². The molecule has 0 radical (unpaired) electrons. The van der Waals surface area contributed by atoms with E-state index >= 15 is 0 Å². The van der Waals surface area contributed by atoms with Crippen molar-refractivity contribution in [2.75, 3.05) is 0 Å². The molecule has 0 aliphatic carbocycles. The molecule has 1 aromatic carbocycles. The summed E-state index contributed by atoms with van der Waals surface area (Å²) in [4.78, 5) is 0. The highest BCUT2D eigenvalue weighted by atomic mass is 79.9. The molecule has 96 valence electrons. The van der Waals surface area contributed by atoms with E-state index in [-0.39, 0.29) is 17.4 Å². The highest BCUT2D eigenvalue weighted by Gasteiger charge is 2.18. The molecule has 0 atom stereocenters. The van der Waals surface area contributed by atoms with Gasteiger partial charge in [-0.05, 0) is 24.6 Å². The Hall–Kier alpha value is -1.20. The van der Waals surface area contributed by atoms with Crippen LogP contribution in [0.3, 0.4) is 0 Å². The second-order valence-corrected chi connectivity index (χ2v) is 4.84. The number of benzene rings is 1. The first-order valence-corrected chi connectivity index (χ1v) is 6.60. The Morgan fingerprint density at radius 1 is 1.33 bits per heavy atom. The lowest BCUT2D eigenvalue weighted by molar-refractivity contribution is 0.398. The Bertz CT molecular complexity index is 613. The maximum absolute atomic E-state index is 13.9. The van der Waals surface area contributed by atoms with Gasteiger partial charge in [0.05, 0.1) is 5.69 Å². The molecule has 0 spiro atoms. The normalized spacial score (nSPS) is 10.9. The zero-order valence-electron chi connectivity index (χ0n) is 9.41. The average Bonchev–Trinajstić information content (AvgIpc) is 2.59. The zero-order valence-corrected chi connectivity index (χ0v) is 11.8. The Balaban J connectivity index is 2.69. The molecule has 0 saturated carbocycles. The van der Waals surface area contributed by atoms with Crippen LogP contribution in [0, 0.1) is 12.7 Å². The van der Waals surface area contributed by atoms with Gasteiger partial charge in [0.2, 0.25) is 5.88 Å². The van der Waals surface area contributed by atoms with E-state index in [0.717, 1.165) is 10.6 Å². The first-order valence-electron chi connectivity index (χ1n) is 5.10. The van der Waals surface area contributed by atoms with Gasteiger partial charge in [-0.3, -0.25) is 0 Å². The third-order valence-electron chi connectivity index (χ3n) is 2.64. The van der Waals surface area contributed by atoms with Crippen LogP contribution in [0.2, 0.25) is 5.02 Å². The summed E-state index contributed by atoms with van der Waals surface area (Å²) in [5.74, 6) is -1.06. The minimum absolute atomic E-state index is 0.0547. The first kappa shape index (κ1) is 13.2. The molecule has 0 aliphatic rings. The molecule has 6 heteroatoms. The van der Waals surface area contributed by atoms with Gasteiger partial charge in [0.1, 0.15) is 5.82 Å². The van der Waals surface area contributed by atoms with E-state index in [1.807, 2.05) is 0 Å². The Kier molecular flexibility index (Phi) is 3.54. The monoisotopic (exact) mass is 333 g/mol. The van der Waals surface area contributed by atoms with Gasteiger partial charge in [-0.1, -0.05) is 27.5 Å². The minimum Gasteiger partial charge on any atom is -0.494 e. The second kappa shape index (κ2) is 4.82. The predicted octanol–water partition coefficient (Wildman–Crippen LogP) is 3.88. The topological polar surface area (TPSA) is 45.4 Å². The molecular formula is C12H10BrClFNO2. The molecular weight excluding hydrogens is 324 g/mol. The lowest BCUT2D eigenvalue weighted by Crippen LogP contribution is -1.98. The van der Waals surface area contributed by atoms with Crippen molar-refractivity contribution in [1.29, 1.82) is 0 Å². The highest BCUT2D eigenvalue weighted by molar-refractivity contribution is 9.08. The number of alkyl halides is 1. The van der Waals surface area contributed by atoms with Gasteiger partial charge in [-0.2, -0.15) is 0 Å². The number of hydrogen-bond donors (Lipinski definition) is 2. The van der Waals surface area contributed by atoms with Crippen LogP contribution in [0.25, 0.3) is 5.69 Å². The largest absolute Gasteiger partial charge is 0.494 e. The third-order valence-corrected chi connectivity index (χ3v) is 3.66. The second-order valence-electron chi connectivity index (χ2n) is 3.87.